The molecular weight excluding hydrogens is 306 g/mol. The molecule has 0 atom stereocenters. The highest BCUT2D eigenvalue weighted by molar-refractivity contribution is 5.52. The van der Waals surface area contributed by atoms with E-state index < -0.39 is 4.92 Å². The van der Waals surface area contributed by atoms with E-state index in [-0.39, 0.29) is 5.69 Å². The summed E-state index contributed by atoms with van der Waals surface area (Å²) in [5, 5.41) is 14.0. The Bertz CT molecular complexity index is 696. The van der Waals surface area contributed by atoms with Gasteiger partial charge in [0.1, 0.15) is 5.82 Å². The fraction of sp³-hybridized carbons (Fsp3) is 0.353. The van der Waals surface area contributed by atoms with E-state index in [0.717, 1.165) is 43.2 Å². The van der Waals surface area contributed by atoms with Crippen LogP contribution in [0.25, 0.3) is 0 Å². The number of hydrogen-bond donors (Lipinski definition) is 1. The van der Waals surface area contributed by atoms with E-state index in [9.17, 15) is 10.1 Å². The Morgan fingerprint density at radius 2 is 1.88 bits per heavy atom. The second-order valence-electron chi connectivity index (χ2n) is 5.93. The maximum atomic E-state index is 10.7. The molecule has 7 nitrogen and oxygen atoms in total. The summed E-state index contributed by atoms with van der Waals surface area (Å²) in [6.45, 7) is 4.64. The van der Waals surface area contributed by atoms with Gasteiger partial charge in [0.05, 0.1) is 4.92 Å². The first-order valence-electron chi connectivity index (χ1n) is 7.99. The molecule has 0 unspecified atom stereocenters. The highest BCUT2D eigenvalue weighted by atomic mass is 16.6. The lowest BCUT2D eigenvalue weighted by molar-refractivity contribution is -0.384. The second kappa shape index (κ2) is 7.27. The van der Waals surface area contributed by atoms with Crippen LogP contribution in [0, 0.1) is 10.1 Å². The molecule has 1 aliphatic heterocycles. The number of likely N-dealkylation sites (N-methyl/N-ethyl adjacent to an activating group) is 1. The number of benzene rings is 1. The fourth-order valence-corrected chi connectivity index (χ4v) is 2.77. The summed E-state index contributed by atoms with van der Waals surface area (Å²) in [5.41, 5.74) is 2.08. The van der Waals surface area contributed by atoms with E-state index in [4.69, 9.17) is 0 Å². The van der Waals surface area contributed by atoms with Gasteiger partial charge in [-0.25, -0.2) is 4.98 Å². The van der Waals surface area contributed by atoms with Gasteiger partial charge in [-0.05, 0) is 25.2 Å². The maximum absolute atomic E-state index is 10.7. The van der Waals surface area contributed by atoms with Gasteiger partial charge >= 0.3 is 0 Å². The lowest BCUT2D eigenvalue weighted by Crippen LogP contribution is -2.45. The molecule has 1 aromatic carbocycles. The van der Waals surface area contributed by atoms with Crippen LogP contribution in [0.5, 0.6) is 0 Å². The van der Waals surface area contributed by atoms with Gasteiger partial charge in [-0.3, -0.25) is 10.1 Å². The maximum Gasteiger partial charge on any atom is 0.269 e. The summed E-state index contributed by atoms with van der Waals surface area (Å²) in [6.07, 6.45) is 1.82. The summed E-state index contributed by atoms with van der Waals surface area (Å²) in [7, 11) is 2.13. The van der Waals surface area contributed by atoms with Crippen molar-refractivity contribution in [3.05, 3.63) is 58.3 Å². The summed E-state index contributed by atoms with van der Waals surface area (Å²) >= 11 is 0. The molecule has 24 heavy (non-hydrogen) atoms. The number of nitrogens with one attached hydrogen (secondary N) is 1. The number of nitro benzene ring substituents is 1. The SMILES string of the molecule is CN1CCN(c2ncccc2CNc2ccc([N+](=O)[O-])cc2)CC1. The van der Waals surface area contributed by atoms with Crippen molar-refractivity contribution in [2.75, 3.05) is 43.4 Å². The number of hydrogen-bond acceptors (Lipinski definition) is 6. The number of rotatable bonds is 5. The Hall–Kier alpha value is -2.67. The van der Waals surface area contributed by atoms with E-state index in [1.165, 1.54) is 12.1 Å². The molecule has 1 fully saturated rings. The Morgan fingerprint density at radius 1 is 1.17 bits per heavy atom. The number of anilines is 2. The molecule has 0 spiro atoms. The minimum absolute atomic E-state index is 0.0973. The summed E-state index contributed by atoms with van der Waals surface area (Å²) in [6, 6.07) is 10.5. The average Bonchev–Trinajstić information content (AvgIpc) is 2.61. The minimum atomic E-state index is -0.392. The molecular formula is C17H21N5O2. The number of piperazine rings is 1. The van der Waals surface area contributed by atoms with Crippen molar-refractivity contribution in [2.24, 2.45) is 0 Å². The lowest BCUT2D eigenvalue weighted by atomic mass is 10.2. The number of aromatic nitrogens is 1. The quantitative estimate of drug-likeness (QED) is 0.671. The summed E-state index contributed by atoms with van der Waals surface area (Å²) in [4.78, 5) is 19.5. The first kappa shape index (κ1) is 16.2. The smallest absolute Gasteiger partial charge is 0.269 e. The Labute approximate surface area is 141 Å². The number of non-ortho nitro benzene ring substituents is 1. The summed E-state index contributed by atoms with van der Waals surface area (Å²) < 4.78 is 0. The van der Waals surface area contributed by atoms with E-state index >= 15 is 0 Å². The van der Waals surface area contributed by atoms with Gasteiger partial charge in [0, 0.05) is 62.3 Å². The summed E-state index contributed by atoms with van der Waals surface area (Å²) in [5.74, 6) is 1.01. The van der Waals surface area contributed by atoms with E-state index in [0.29, 0.717) is 6.54 Å². The van der Waals surface area contributed by atoms with Gasteiger partial charge in [-0.15, -0.1) is 0 Å². The van der Waals surface area contributed by atoms with Gasteiger partial charge in [0.15, 0.2) is 0 Å². The standard InChI is InChI=1S/C17H21N5O2/c1-20-9-11-21(12-10-20)17-14(3-2-8-18-17)13-19-15-4-6-16(7-5-15)22(23)24/h2-8,19H,9-13H2,1H3. The van der Waals surface area contributed by atoms with E-state index in [2.05, 4.69) is 33.2 Å². The molecule has 1 N–H and O–H groups in total. The molecule has 0 amide bonds. The van der Waals surface area contributed by atoms with Crippen molar-refractivity contribution >= 4 is 17.2 Å². The van der Waals surface area contributed by atoms with Crippen LogP contribution >= 0.6 is 0 Å². The van der Waals surface area contributed by atoms with Gasteiger partial charge in [-0.2, -0.15) is 0 Å². The number of nitrogens with zero attached hydrogens (tertiary/aromatic N) is 4. The minimum Gasteiger partial charge on any atom is -0.381 e. The number of nitro groups is 1. The largest absolute Gasteiger partial charge is 0.381 e. The van der Waals surface area contributed by atoms with Crippen LogP contribution < -0.4 is 10.2 Å². The molecule has 0 bridgehead atoms. The third kappa shape index (κ3) is 3.80. The third-order valence-electron chi connectivity index (χ3n) is 4.23. The molecule has 0 aliphatic carbocycles. The van der Waals surface area contributed by atoms with Crippen LogP contribution in [0.2, 0.25) is 0 Å². The highest BCUT2D eigenvalue weighted by Crippen LogP contribution is 2.21. The topological polar surface area (TPSA) is 74.5 Å². The lowest BCUT2D eigenvalue weighted by Gasteiger charge is -2.34. The van der Waals surface area contributed by atoms with Crippen LogP contribution in [0.15, 0.2) is 42.6 Å². The predicted octanol–water partition coefficient (Wildman–Crippen LogP) is 2.35. The van der Waals surface area contributed by atoms with Gasteiger partial charge in [0.2, 0.25) is 0 Å². The Kier molecular flexibility index (Phi) is 4.90. The first-order valence-corrected chi connectivity index (χ1v) is 7.99. The monoisotopic (exact) mass is 327 g/mol. The van der Waals surface area contributed by atoms with Gasteiger partial charge in [-0.1, -0.05) is 6.07 Å². The molecule has 0 radical (unpaired) electrons. The zero-order chi connectivity index (χ0) is 16.9. The molecule has 3 rings (SSSR count). The normalized spacial score (nSPS) is 15.3. The van der Waals surface area contributed by atoms with Crippen molar-refractivity contribution in [3.63, 3.8) is 0 Å². The molecule has 0 saturated carbocycles. The molecule has 1 saturated heterocycles. The second-order valence-corrected chi connectivity index (χ2v) is 5.93. The van der Waals surface area contributed by atoms with Crippen LogP contribution in [0.1, 0.15) is 5.56 Å². The van der Waals surface area contributed by atoms with Crippen LogP contribution in [0.3, 0.4) is 0 Å². The molecule has 2 heterocycles. The molecule has 1 aromatic heterocycles. The average molecular weight is 327 g/mol. The van der Waals surface area contributed by atoms with E-state index in [1.54, 1.807) is 12.1 Å². The van der Waals surface area contributed by atoms with Crippen molar-refractivity contribution < 1.29 is 4.92 Å². The van der Waals surface area contributed by atoms with Crippen molar-refractivity contribution in [3.8, 4) is 0 Å². The molecule has 7 heteroatoms. The Balaban J connectivity index is 1.68. The Morgan fingerprint density at radius 3 is 2.54 bits per heavy atom. The third-order valence-corrected chi connectivity index (χ3v) is 4.23. The van der Waals surface area contributed by atoms with Crippen molar-refractivity contribution in [1.29, 1.82) is 0 Å². The molecule has 126 valence electrons. The van der Waals surface area contributed by atoms with Crippen LogP contribution in [-0.4, -0.2) is 48.0 Å². The number of pyridine rings is 1. The first-order chi connectivity index (χ1) is 11.6. The van der Waals surface area contributed by atoms with Crippen molar-refractivity contribution in [1.82, 2.24) is 9.88 Å². The van der Waals surface area contributed by atoms with Gasteiger partial charge in [0.25, 0.3) is 5.69 Å². The fourth-order valence-electron chi connectivity index (χ4n) is 2.77. The van der Waals surface area contributed by atoms with Crippen LogP contribution in [0.4, 0.5) is 17.2 Å². The predicted molar refractivity (Wildman–Crippen MR) is 94.4 cm³/mol. The van der Waals surface area contributed by atoms with Gasteiger partial charge < -0.3 is 15.1 Å². The van der Waals surface area contributed by atoms with E-state index in [1.807, 2.05) is 12.3 Å². The molecule has 1 aliphatic rings. The molecule has 2 aromatic rings. The zero-order valence-corrected chi connectivity index (χ0v) is 13.7. The zero-order valence-electron chi connectivity index (χ0n) is 13.7. The highest BCUT2D eigenvalue weighted by Gasteiger charge is 2.17. The van der Waals surface area contributed by atoms with Crippen molar-refractivity contribution in [2.45, 2.75) is 6.54 Å². The van der Waals surface area contributed by atoms with Crippen LogP contribution in [-0.2, 0) is 6.54 Å².